The second kappa shape index (κ2) is 5.27. The van der Waals surface area contributed by atoms with Gasteiger partial charge in [0.15, 0.2) is 0 Å². The molecule has 0 unspecified atom stereocenters. The van der Waals surface area contributed by atoms with Crippen LogP contribution >= 0.6 is 0 Å². The quantitative estimate of drug-likeness (QED) is 0.792. The van der Waals surface area contributed by atoms with Crippen molar-refractivity contribution in [2.75, 3.05) is 0 Å². The Morgan fingerprint density at radius 2 is 1.70 bits per heavy atom. The van der Waals surface area contributed by atoms with Crippen LogP contribution in [0.15, 0.2) is 60.8 Å². The fraction of sp³-hybridized carbons (Fsp3) is 0.0625. The van der Waals surface area contributed by atoms with Gasteiger partial charge >= 0.3 is 0 Å². The molecule has 0 aliphatic carbocycles. The van der Waals surface area contributed by atoms with Gasteiger partial charge in [-0.25, -0.2) is 9.07 Å². The first-order valence-corrected chi connectivity index (χ1v) is 6.28. The highest BCUT2D eigenvalue weighted by Crippen LogP contribution is 2.26. The van der Waals surface area contributed by atoms with Crippen LogP contribution in [0.1, 0.15) is 5.56 Å². The van der Waals surface area contributed by atoms with Crippen molar-refractivity contribution < 1.29 is 9.50 Å². The number of hydrogen-bond acceptors (Lipinski definition) is 2. The van der Waals surface area contributed by atoms with E-state index >= 15 is 0 Å². The average Bonchev–Trinajstić information content (AvgIpc) is 2.93. The Balaban J connectivity index is 2.17. The van der Waals surface area contributed by atoms with E-state index in [1.165, 1.54) is 12.1 Å². The first-order valence-electron chi connectivity index (χ1n) is 6.28. The lowest BCUT2D eigenvalue weighted by atomic mass is 10.1. The molecule has 0 radical (unpaired) electrons. The Labute approximate surface area is 115 Å². The van der Waals surface area contributed by atoms with Gasteiger partial charge in [0.2, 0.25) is 0 Å². The molecule has 3 rings (SSSR count). The maximum absolute atomic E-state index is 13.0. The van der Waals surface area contributed by atoms with E-state index in [-0.39, 0.29) is 12.4 Å². The van der Waals surface area contributed by atoms with Crippen LogP contribution in [0.25, 0.3) is 16.9 Å². The summed E-state index contributed by atoms with van der Waals surface area (Å²) < 4.78 is 14.7. The molecule has 3 aromatic rings. The Morgan fingerprint density at radius 3 is 2.35 bits per heavy atom. The third-order valence-electron chi connectivity index (χ3n) is 3.13. The number of nitrogens with zero attached hydrogens (tertiary/aromatic N) is 2. The topological polar surface area (TPSA) is 38.1 Å². The zero-order valence-corrected chi connectivity index (χ0v) is 10.7. The predicted octanol–water partition coefficient (Wildman–Crippen LogP) is 3.17. The van der Waals surface area contributed by atoms with Crippen LogP contribution in [-0.2, 0) is 6.61 Å². The Morgan fingerprint density at radius 1 is 1.00 bits per heavy atom. The summed E-state index contributed by atoms with van der Waals surface area (Å²) in [7, 11) is 0. The molecule has 0 aliphatic rings. The van der Waals surface area contributed by atoms with Gasteiger partial charge in [0.1, 0.15) is 5.82 Å². The van der Waals surface area contributed by atoms with E-state index in [0.29, 0.717) is 0 Å². The Kier molecular flexibility index (Phi) is 3.31. The summed E-state index contributed by atoms with van der Waals surface area (Å²) in [6, 6.07) is 15.8. The average molecular weight is 268 g/mol. The Hall–Kier alpha value is -2.46. The molecule has 1 N–H and O–H groups in total. The van der Waals surface area contributed by atoms with Crippen molar-refractivity contribution in [3.63, 3.8) is 0 Å². The molecule has 3 nitrogen and oxygen atoms in total. The summed E-state index contributed by atoms with van der Waals surface area (Å²) in [6.07, 6.45) is 1.63. The lowest BCUT2D eigenvalue weighted by Gasteiger charge is -2.09. The second-order valence-corrected chi connectivity index (χ2v) is 4.43. The number of benzene rings is 2. The summed E-state index contributed by atoms with van der Waals surface area (Å²) >= 11 is 0. The fourth-order valence-electron chi connectivity index (χ4n) is 2.18. The SMILES string of the molecule is OCc1cnn(-c2ccc(F)cc2)c1-c1ccccc1. The van der Waals surface area contributed by atoms with Crippen molar-refractivity contribution in [1.82, 2.24) is 9.78 Å². The minimum atomic E-state index is -0.287. The van der Waals surface area contributed by atoms with Gasteiger partial charge in [-0.1, -0.05) is 30.3 Å². The summed E-state index contributed by atoms with van der Waals surface area (Å²) in [5, 5.41) is 13.8. The standard InChI is InChI=1S/C16H13FN2O/c17-14-6-8-15(9-7-14)19-16(13(11-20)10-18-19)12-4-2-1-3-5-12/h1-10,20H,11H2. The molecule has 2 aromatic carbocycles. The molecular weight excluding hydrogens is 255 g/mol. The van der Waals surface area contributed by atoms with E-state index in [4.69, 9.17) is 0 Å². The number of halogens is 1. The van der Waals surface area contributed by atoms with Crippen LogP contribution in [0.4, 0.5) is 4.39 Å². The molecule has 0 amide bonds. The first kappa shape index (κ1) is 12.6. The third kappa shape index (κ3) is 2.21. The zero-order valence-electron chi connectivity index (χ0n) is 10.7. The van der Waals surface area contributed by atoms with Gasteiger partial charge in [-0.15, -0.1) is 0 Å². The summed E-state index contributed by atoms with van der Waals surface area (Å²) in [5.41, 5.74) is 3.27. The largest absolute Gasteiger partial charge is 0.392 e. The monoisotopic (exact) mass is 268 g/mol. The van der Waals surface area contributed by atoms with Gasteiger partial charge in [0, 0.05) is 11.1 Å². The van der Waals surface area contributed by atoms with Crippen molar-refractivity contribution in [1.29, 1.82) is 0 Å². The Bertz CT molecular complexity index is 705. The molecular formula is C16H13FN2O. The molecule has 0 bridgehead atoms. The van der Waals surface area contributed by atoms with E-state index in [2.05, 4.69) is 5.10 Å². The molecule has 100 valence electrons. The molecule has 0 atom stereocenters. The van der Waals surface area contributed by atoms with Crippen LogP contribution < -0.4 is 0 Å². The number of aromatic nitrogens is 2. The van der Waals surface area contributed by atoms with Crippen molar-refractivity contribution in [3.05, 3.63) is 72.2 Å². The highest BCUT2D eigenvalue weighted by atomic mass is 19.1. The van der Waals surface area contributed by atoms with Crippen LogP contribution in [0.5, 0.6) is 0 Å². The first-order chi connectivity index (χ1) is 9.79. The number of aliphatic hydroxyl groups is 1. The molecule has 1 heterocycles. The van der Waals surface area contributed by atoms with Gasteiger partial charge in [-0.3, -0.25) is 0 Å². The lowest BCUT2D eigenvalue weighted by Crippen LogP contribution is -2.00. The van der Waals surface area contributed by atoms with Crippen LogP contribution in [0.2, 0.25) is 0 Å². The molecule has 0 saturated heterocycles. The number of aliphatic hydroxyl groups excluding tert-OH is 1. The predicted molar refractivity (Wildman–Crippen MR) is 74.9 cm³/mol. The van der Waals surface area contributed by atoms with Crippen LogP contribution in [-0.4, -0.2) is 14.9 Å². The maximum atomic E-state index is 13.0. The fourth-order valence-corrected chi connectivity index (χ4v) is 2.18. The van der Waals surface area contributed by atoms with Crippen molar-refractivity contribution in [2.45, 2.75) is 6.61 Å². The molecule has 1 aromatic heterocycles. The van der Waals surface area contributed by atoms with Crippen molar-refractivity contribution in [2.24, 2.45) is 0 Å². The summed E-state index contributed by atoms with van der Waals surface area (Å²) in [4.78, 5) is 0. The normalized spacial score (nSPS) is 10.7. The lowest BCUT2D eigenvalue weighted by molar-refractivity contribution is 0.282. The van der Waals surface area contributed by atoms with Gasteiger partial charge in [0.05, 0.1) is 24.2 Å². The molecule has 0 fully saturated rings. The zero-order chi connectivity index (χ0) is 13.9. The minimum Gasteiger partial charge on any atom is -0.392 e. The van der Waals surface area contributed by atoms with E-state index in [1.807, 2.05) is 30.3 Å². The van der Waals surface area contributed by atoms with E-state index in [0.717, 1.165) is 22.5 Å². The summed E-state index contributed by atoms with van der Waals surface area (Å²) in [6.45, 7) is -0.0918. The highest BCUT2D eigenvalue weighted by molar-refractivity contribution is 5.65. The van der Waals surface area contributed by atoms with Gasteiger partial charge in [0.25, 0.3) is 0 Å². The maximum Gasteiger partial charge on any atom is 0.123 e. The highest BCUT2D eigenvalue weighted by Gasteiger charge is 2.13. The molecule has 0 saturated carbocycles. The van der Waals surface area contributed by atoms with Gasteiger partial charge < -0.3 is 5.11 Å². The minimum absolute atomic E-state index is 0.0918. The summed E-state index contributed by atoms with van der Waals surface area (Å²) in [5.74, 6) is -0.287. The van der Waals surface area contributed by atoms with E-state index < -0.39 is 0 Å². The smallest absolute Gasteiger partial charge is 0.123 e. The second-order valence-electron chi connectivity index (χ2n) is 4.43. The molecule has 4 heteroatoms. The van der Waals surface area contributed by atoms with Crippen LogP contribution in [0, 0.1) is 5.82 Å². The van der Waals surface area contributed by atoms with Crippen LogP contribution in [0.3, 0.4) is 0 Å². The molecule has 0 aliphatic heterocycles. The van der Waals surface area contributed by atoms with Crippen molar-refractivity contribution >= 4 is 0 Å². The number of hydrogen-bond donors (Lipinski definition) is 1. The van der Waals surface area contributed by atoms with Crippen molar-refractivity contribution in [3.8, 4) is 16.9 Å². The van der Waals surface area contributed by atoms with Gasteiger partial charge in [-0.05, 0) is 24.3 Å². The third-order valence-corrected chi connectivity index (χ3v) is 3.13. The molecule has 0 spiro atoms. The van der Waals surface area contributed by atoms with E-state index in [1.54, 1.807) is 23.0 Å². The number of rotatable bonds is 3. The van der Waals surface area contributed by atoms with E-state index in [9.17, 15) is 9.50 Å². The molecule has 20 heavy (non-hydrogen) atoms. The van der Waals surface area contributed by atoms with Gasteiger partial charge in [-0.2, -0.15) is 5.10 Å².